The van der Waals surface area contributed by atoms with Gasteiger partial charge in [-0.25, -0.2) is 8.42 Å². The molecule has 1 atom stereocenters. The molecule has 1 amide bonds. The van der Waals surface area contributed by atoms with E-state index >= 15 is 0 Å². The van der Waals surface area contributed by atoms with Crippen LogP contribution < -0.4 is 5.32 Å². The summed E-state index contributed by atoms with van der Waals surface area (Å²) < 4.78 is 25.2. The molecule has 27 heavy (non-hydrogen) atoms. The predicted octanol–water partition coefficient (Wildman–Crippen LogP) is 4.96. The molecular formula is C20H21Cl2NO3S. The van der Waals surface area contributed by atoms with Gasteiger partial charge in [0.15, 0.2) is 14.6 Å². The number of carbonyl (C=O) groups excluding carboxylic acids is 1. The van der Waals surface area contributed by atoms with Crippen LogP contribution >= 0.6 is 23.2 Å². The fourth-order valence-electron chi connectivity index (χ4n) is 3.65. The molecule has 1 saturated carbocycles. The number of rotatable bonds is 5. The molecule has 0 saturated heterocycles. The number of sulfone groups is 1. The summed E-state index contributed by atoms with van der Waals surface area (Å²) in [6, 6.07) is 12.8. The van der Waals surface area contributed by atoms with Crippen LogP contribution in [-0.2, 0) is 14.6 Å². The molecule has 0 unspecified atom stereocenters. The van der Waals surface area contributed by atoms with Gasteiger partial charge in [-0.05, 0) is 49.6 Å². The molecule has 2 aromatic rings. The topological polar surface area (TPSA) is 63.2 Å². The molecule has 0 heterocycles. The van der Waals surface area contributed by atoms with Crippen molar-refractivity contribution in [2.45, 2.75) is 48.3 Å². The normalized spacial score (nSPS) is 17.4. The summed E-state index contributed by atoms with van der Waals surface area (Å²) in [7, 11) is -3.81. The van der Waals surface area contributed by atoms with Gasteiger partial charge in [-0.1, -0.05) is 60.3 Å². The molecule has 1 N–H and O–H groups in total. The van der Waals surface area contributed by atoms with Crippen molar-refractivity contribution in [3.8, 4) is 0 Å². The van der Waals surface area contributed by atoms with Crippen molar-refractivity contribution in [1.82, 2.24) is 5.32 Å². The zero-order valence-electron chi connectivity index (χ0n) is 14.9. The van der Waals surface area contributed by atoms with Crippen LogP contribution in [0.15, 0.2) is 53.4 Å². The maximum Gasteiger partial charge on any atom is 0.242 e. The minimum atomic E-state index is -3.81. The minimum Gasteiger partial charge on any atom is -0.348 e. The first-order valence-corrected chi connectivity index (χ1v) is 11.1. The van der Waals surface area contributed by atoms with Gasteiger partial charge in [0, 0.05) is 10.0 Å². The standard InChI is InChI=1S/C20H21Cl2NO3S/c1-14(17-10-9-15(21)13-18(17)22)23-19(24)20(11-5-6-12-20)27(25,26)16-7-3-2-4-8-16/h2-4,7-10,13-14H,5-6,11-12H2,1H3,(H,23,24)/t14-/m0/s1. The largest absolute Gasteiger partial charge is 0.348 e. The Balaban J connectivity index is 1.92. The summed E-state index contributed by atoms with van der Waals surface area (Å²) in [5, 5.41) is 3.80. The Kier molecular flexibility index (Phi) is 5.84. The Bertz CT molecular complexity index is 939. The number of nitrogens with one attached hydrogen (secondary N) is 1. The van der Waals surface area contributed by atoms with Gasteiger partial charge in [-0.2, -0.15) is 0 Å². The fourth-order valence-corrected chi connectivity index (χ4v) is 6.32. The first kappa shape index (κ1) is 20.2. The molecule has 1 aliphatic rings. The number of carbonyl (C=O) groups is 1. The Morgan fingerprint density at radius 1 is 1.07 bits per heavy atom. The summed E-state index contributed by atoms with van der Waals surface area (Å²) in [6.07, 6.45) is 2.04. The number of amides is 1. The summed E-state index contributed by atoms with van der Waals surface area (Å²) in [4.78, 5) is 13.4. The summed E-state index contributed by atoms with van der Waals surface area (Å²) in [6.45, 7) is 1.78. The van der Waals surface area contributed by atoms with Crippen LogP contribution in [0, 0.1) is 0 Å². The van der Waals surface area contributed by atoms with Crippen molar-refractivity contribution >= 4 is 38.9 Å². The van der Waals surface area contributed by atoms with E-state index in [1.807, 2.05) is 0 Å². The van der Waals surface area contributed by atoms with Crippen molar-refractivity contribution in [2.75, 3.05) is 0 Å². The number of hydrogen-bond acceptors (Lipinski definition) is 3. The molecule has 4 nitrogen and oxygen atoms in total. The van der Waals surface area contributed by atoms with Gasteiger partial charge in [0.25, 0.3) is 0 Å². The van der Waals surface area contributed by atoms with Crippen LogP contribution in [0.25, 0.3) is 0 Å². The lowest BCUT2D eigenvalue weighted by Crippen LogP contribution is -2.51. The van der Waals surface area contributed by atoms with Crippen molar-refractivity contribution < 1.29 is 13.2 Å². The smallest absolute Gasteiger partial charge is 0.242 e. The van der Waals surface area contributed by atoms with Gasteiger partial charge in [0.05, 0.1) is 10.9 Å². The van der Waals surface area contributed by atoms with Crippen LogP contribution in [0.4, 0.5) is 0 Å². The lowest BCUT2D eigenvalue weighted by atomic mass is 10.0. The van der Waals surface area contributed by atoms with E-state index in [1.54, 1.807) is 55.5 Å². The highest BCUT2D eigenvalue weighted by Gasteiger charge is 2.53. The number of benzene rings is 2. The molecule has 2 aromatic carbocycles. The second-order valence-corrected chi connectivity index (χ2v) is 9.98. The minimum absolute atomic E-state index is 0.180. The Morgan fingerprint density at radius 2 is 1.70 bits per heavy atom. The number of halogens is 2. The van der Waals surface area contributed by atoms with E-state index in [0.29, 0.717) is 41.3 Å². The second-order valence-electron chi connectivity index (χ2n) is 6.88. The van der Waals surface area contributed by atoms with Crippen LogP contribution in [0.1, 0.15) is 44.2 Å². The first-order valence-electron chi connectivity index (χ1n) is 8.83. The van der Waals surface area contributed by atoms with E-state index in [-0.39, 0.29) is 4.90 Å². The molecule has 1 aliphatic carbocycles. The van der Waals surface area contributed by atoms with Gasteiger partial charge in [0.2, 0.25) is 5.91 Å². The molecule has 1 fully saturated rings. The third-order valence-electron chi connectivity index (χ3n) is 5.17. The van der Waals surface area contributed by atoms with Crippen molar-refractivity contribution in [3.63, 3.8) is 0 Å². The van der Waals surface area contributed by atoms with Gasteiger partial charge in [-0.15, -0.1) is 0 Å². The Morgan fingerprint density at radius 3 is 2.30 bits per heavy atom. The van der Waals surface area contributed by atoms with E-state index in [2.05, 4.69) is 5.32 Å². The van der Waals surface area contributed by atoms with Gasteiger partial charge >= 0.3 is 0 Å². The van der Waals surface area contributed by atoms with E-state index < -0.39 is 26.5 Å². The lowest BCUT2D eigenvalue weighted by Gasteiger charge is -2.29. The lowest BCUT2D eigenvalue weighted by molar-refractivity contribution is -0.124. The summed E-state index contributed by atoms with van der Waals surface area (Å²) in [5.74, 6) is -0.470. The highest BCUT2D eigenvalue weighted by molar-refractivity contribution is 7.93. The van der Waals surface area contributed by atoms with Crippen molar-refractivity contribution in [2.24, 2.45) is 0 Å². The molecule has 0 aliphatic heterocycles. The van der Waals surface area contributed by atoms with Gasteiger partial charge in [-0.3, -0.25) is 4.79 Å². The second kappa shape index (κ2) is 7.82. The van der Waals surface area contributed by atoms with Gasteiger partial charge in [0.1, 0.15) is 0 Å². The fraction of sp³-hybridized carbons (Fsp3) is 0.350. The molecule has 0 bridgehead atoms. The third-order valence-corrected chi connectivity index (χ3v) is 8.25. The average molecular weight is 426 g/mol. The predicted molar refractivity (Wildman–Crippen MR) is 108 cm³/mol. The maximum absolute atomic E-state index is 13.3. The summed E-state index contributed by atoms with van der Waals surface area (Å²) in [5.41, 5.74) is 0.694. The quantitative estimate of drug-likeness (QED) is 0.735. The maximum atomic E-state index is 13.3. The van der Waals surface area contributed by atoms with Crippen LogP contribution in [0.2, 0.25) is 10.0 Å². The van der Waals surface area contributed by atoms with E-state index in [9.17, 15) is 13.2 Å². The Hall–Kier alpha value is -1.56. The molecular weight excluding hydrogens is 405 g/mol. The van der Waals surface area contributed by atoms with Crippen LogP contribution in [0.5, 0.6) is 0 Å². The van der Waals surface area contributed by atoms with Gasteiger partial charge < -0.3 is 5.32 Å². The SMILES string of the molecule is C[C@H](NC(=O)C1(S(=O)(=O)c2ccccc2)CCCC1)c1ccc(Cl)cc1Cl. The number of hydrogen-bond donors (Lipinski definition) is 1. The summed E-state index contributed by atoms with van der Waals surface area (Å²) >= 11 is 12.2. The zero-order valence-corrected chi connectivity index (χ0v) is 17.2. The van der Waals surface area contributed by atoms with E-state index in [4.69, 9.17) is 23.2 Å². The molecule has 3 rings (SSSR count). The van der Waals surface area contributed by atoms with Crippen molar-refractivity contribution in [3.05, 3.63) is 64.1 Å². The van der Waals surface area contributed by atoms with E-state index in [0.717, 1.165) is 0 Å². The highest BCUT2D eigenvalue weighted by Crippen LogP contribution is 2.41. The van der Waals surface area contributed by atoms with Crippen molar-refractivity contribution in [1.29, 1.82) is 0 Å². The Labute approximate surface area is 169 Å². The van der Waals surface area contributed by atoms with E-state index in [1.165, 1.54) is 0 Å². The monoisotopic (exact) mass is 425 g/mol. The van der Waals surface area contributed by atoms with Crippen LogP contribution in [-0.4, -0.2) is 19.1 Å². The molecule has 0 spiro atoms. The average Bonchev–Trinajstić information content (AvgIpc) is 3.14. The third kappa shape index (κ3) is 3.73. The molecule has 144 valence electrons. The van der Waals surface area contributed by atoms with Crippen LogP contribution in [0.3, 0.4) is 0 Å². The molecule has 0 aromatic heterocycles. The molecule has 0 radical (unpaired) electrons. The molecule has 7 heteroatoms. The zero-order chi connectivity index (χ0) is 19.7. The first-order chi connectivity index (χ1) is 12.8. The highest BCUT2D eigenvalue weighted by atomic mass is 35.5.